The molecule has 0 saturated heterocycles. The van der Waals surface area contributed by atoms with Crippen molar-refractivity contribution in [2.24, 2.45) is 4.99 Å². The van der Waals surface area contributed by atoms with Crippen LogP contribution < -0.4 is 15.4 Å². The normalized spacial score (nSPS) is 17.7. The third-order valence-corrected chi connectivity index (χ3v) is 4.12. The summed E-state index contributed by atoms with van der Waals surface area (Å²) in [5.41, 5.74) is 1.22. The molecule has 1 aliphatic rings. The van der Waals surface area contributed by atoms with Crippen LogP contribution in [0, 0.1) is 0 Å². The molecule has 2 rings (SSSR count). The van der Waals surface area contributed by atoms with Crippen LogP contribution in [0.15, 0.2) is 29.3 Å². The van der Waals surface area contributed by atoms with Crippen LogP contribution in [0.1, 0.15) is 31.7 Å². The average molecular weight is 332 g/mol. The number of rotatable bonds is 6. The van der Waals surface area contributed by atoms with Crippen molar-refractivity contribution in [2.45, 2.75) is 32.2 Å². The molecule has 0 fully saturated rings. The Morgan fingerprint density at radius 3 is 2.88 bits per heavy atom. The maximum Gasteiger partial charge on any atom is 0.243 e. The highest BCUT2D eigenvalue weighted by atomic mass is 16.5. The highest BCUT2D eigenvalue weighted by Gasteiger charge is 2.29. The second kappa shape index (κ2) is 8.57. The van der Waals surface area contributed by atoms with E-state index in [0.717, 1.165) is 18.7 Å². The van der Waals surface area contributed by atoms with Gasteiger partial charge in [-0.25, -0.2) is 4.99 Å². The summed E-state index contributed by atoms with van der Waals surface area (Å²) in [5, 5.41) is 6.69. The van der Waals surface area contributed by atoms with Gasteiger partial charge in [0.2, 0.25) is 5.91 Å². The Labute approximate surface area is 144 Å². The Morgan fingerprint density at radius 1 is 1.42 bits per heavy atom. The van der Waals surface area contributed by atoms with E-state index < -0.39 is 0 Å². The molecule has 1 aromatic rings. The van der Waals surface area contributed by atoms with Gasteiger partial charge >= 0.3 is 0 Å². The van der Waals surface area contributed by atoms with Gasteiger partial charge in [0, 0.05) is 38.2 Å². The summed E-state index contributed by atoms with van der Waals surface area (Å²) in [6.07, 6.45) is 0.992. The number of carbonyl (C=O) groups excluding carboxylic acids is 1. The zero-order valence-corrected chi connectivity index (χ0v) is 15.0. The molecule has 0 aromatic heterocycles. The van der Waals surface area contributed by atoms with E-state index in [0.29, 0.717) is 12.6 Å². The molecule has 2 N–H and O–H groups in total. The van der Waals surface area contributed by atoms with Crippen LogP contribution in [0.5, 0.6) is 5.75 Å². The first-order valence-electron chi connectivity index (χ1n) is 8.49. The SMILES string of the molecule is CCCNC(=NCC(=O)N(C)C)NC(C)C1COc2ccccc21. The summed E-state index contributed by atoms with van der Waals surface area (Å²) in [5.74, 6) is 1.87. The van der Waals surface area contributed by atoms with Gasteiger partial charge in [0.1, 0.15) is 12.3 Å². The van der Waals surface area contributed by atoms with Crippen molar-refractivity contribution < 1.29 is 9.53 Å². The topological polar surface area (TPSA) is 66.0 Å². The fourth-order valence-electron chi connectivity index (χ4n) is 2.60. The predicted octanol–water partition coefficient (Wildman–Crippen LogP) is 1.58. The molecule has 0 aliphatic carbocycles. The average Bonchev–Trinajstić information content (AvgIpc) is 3.00. The van der Waals surface area contributed by atoms with Crippen LogP contribution in [0.3, 0.4) is 0 Å². The van der Waals surface area contributed by atoms with Gasteiger partial charge in [0.05, 0.1) is 6.61 Å². The molecule has 2 unspecified atom stereocenters. The van der Waals surface area contributed by atoms with E-state index in [4.69, 9.17) is 4.74 Å². The number of nitrogens with one attached hydrogen (secondary N) is 2. The molecular weight excluding hydrogens is 304 g/mol. The van der Waals surface area contributed by atoms with Gasteiger partial charge in [-0.15, -0.1) is 0 Å². The Morgan fingerprint density at radius 2 is 2.17 bits per heavy atom. The second-order valence-electron chi connectivity index (χ2n) is 6.27. The van der Waals surface area contributed by atoms with E-state index in [1.807, 2.05) is 18.2 Å². The quantitative estimate of drug-likeness (QED) is 0.613. The largest absolute Gasteiger partial charge is 0.493 e. The number of amides is 1. The fraction of sp³-hybridized carbons (Fsp3) is 0.556. The van der Waals surface area contributed by atoms with Crippen LogP contribution >= 0.6 is 0 Å². The predicted molar refractivity (Wildman–Crippen MR) is 96.6 cm³/mol. The fourth-order valence-corrected chi connectivity index (χ4v) is 2.60. The molecule has 0 bridgehead atoms. The van der Waals surface area contributed by atoms with Crippen LogP contribution in [-0.4, -0.2) is 56.6 Å². The number of benzene rings is 1. The standard InChI is InChI=1S/C18H28N4O2/c1-5-10-19-18(20-11-17(23)22(3)4)21-13(2)15-12-24-16-9-7-6-8-14(15)16/h6-9,13,15H,5,10-12H2,1-4H3,(H2,19,20,21). The van der Waals surface area contributed by atoms with Gasteiger partial charge in [-0.1, -0.05) is 25.1 Å². The van der Waals surface area contributed by atoms with Crippen LogP contribution in [-0.2, 0) is 4.79 Å². The highest BCUT2D eigenvalue weighted by molar-refractivity contribution is 5.85. The van der Waals surface area contributed by atoms with Crippen LogP contribution in [0.2, 0.25) is 0 Å². The molecule has 0 saturated carbocycles. The number of carbonyl (C=O) groups is 1. The summed E-state index contributed by atoms with van der Waals surface area (Å²) in [6, 6.07) is 8.28. The van der Waals surface area contributed by atoms with Crippen molar-refractivity contribution in [1.82, 2.24) is 15.5 Å². The molecule has 2 atom stereocenters. The van der Waals surface area contributed by atoms with E-state index in [1.54, 1.807) is 19.0 Å². The number of hydrogen-bond donors (Lipinski definition) is 2. The molecule has 1 heterocycles. The summed E-state index contributed by atoms with van der Waals surface area (Å²) >= 11 is 0. The zero-order valence-electron chi connectivity index (χ0n) is 15.0. The van der Waals surface area contributed by atoms with Crippen molar-refractivity contribution in [1.29, 1.82) is 0 Å². The van der Waals surface area contributed by atoms with E-state index >= 15 is 0 Å². The number of para-hydroxylation sites is 1. The van der Waals surface area contributed by atoms with Gasteiger partial charge in [0.15, 0.2) is 5.96 Å². The van der Waals surface area contributed by atoms with E-state index in [1.165, 1.54) is 5.56 Å². The van der Waals surface area contributed by atoms with Gasteiger partial charge in [-0.3, -0.25) is 4.79 Å². The Bertz CT molecular complexity index is 586. The third-order valence-electron chi connectivity index (χ3n) is 4.12. The van der Waals surface area contributed by atoms with Gasteiger partial charge < -0.3 is 20.3 Å². The van der Waals surface area contributed by atoms with Gasteiger partial charge in [-0.2, -0.15) is 0 Å². The Kier molecular flexibility index (Phi) is 6.46. The lowest BCUT2D eigenvalue weighted by Gasteiger charge is -2.23. The van der Waals surface area contributed by atoms with Crippen molar-refractivity contribution in [3.05, 3.63) is 29.8 Å². The minimum atomic E-state index is -0.0187. The number of aliphatic imine (C=N–C) groups is 1. The number of nitrogens with zero attached hydrogens (tertiary/aromatic N) is 2. The second-order valence-corrected chi connectivity index (χ2v) is 6.27. The monoisotopic (exact) mass is 332 g/mol. The molecule has 0 radical (unpaired) electrons. The minimum absolute atomic E-state index is 0.0187. The maximum absolute atomic E-state index is 11.8. The number of likely N-dealkylation sites (N-methyl/N-ethyl adjacent to an activating group) is 1. The summed E-state index contributed by atoms with van der Waals surface area (Å²) < 4.78 is 5.76. The number of fused-ring (bicyclic) bond motifs is 1. The van der Waals surface area contributed by atoms with Crippen LogP contribution in [0.25, 0.3) is 0 Å². The van der Waals surface area contributed by atoms with Gasteiger partial charge in [-0.05, 0) is 19.4 Å². The first kappa shape index (κ1) is 18.1. The van der Waals surface area contributed by atoms with E-state index in [9.17, 15) is 4.79 Å². The molecule has 1 aliphatic heterocycles. The number of hydrogen-bond acceptors (Lipinski definition) is 3. The lowest BCUT2D eigenvalue weighted by molar-refractivity contribution is -0.127. The summed E-state index contributed by atoms with van der Waals surface area (Å²) in [6.45, 7) is 5.82. The summed E-state index contributed by atoms with van der Waals surface area (Å²) in [7, 11) is 3.47. The smallest absolute Gasteiger partial charge is 0.243 e. The van der Waals surface area contributed by atoms with Gasteiger partial charge in [0.25, 0.3) is 0 Å². The van der Waals surface area contributed by atoms with Crippen molar-refractivity contribution >= 4 is 11.9 Å². The van der Waals surface area contributed by atoms with Crippen molar-refractivity contribution in [2.75, 3.05) is 33.8 Å². The highest BCUT2D eigenvalue weighted by Crippen LogP contribution is 2.35. The zero-order chi connectivity index (χ0) is 17.5. The van der Waals surface area contributed by atoms with E-state index in [-0.39, 0.29) is 24.4 Å². The Hall–Kier alpha value is -2.24. The molecule has 1 amide bonds. The number of guanidine groups is 1. The molecule has 0 spiro atoms. The molecule has 1 aromatic carbocycles. The Balaban J connectivity index is 2.03. The lowest BCUT2D eigenvalue weighted by atomic mass is 9.94. The number of ether oxygens (including phenoxy) is 1. The third kappa shape index (κ3) is 4.63. The first-order valence-corrected chi connectivity index (χ1v) is 8.49. The molecule has 132 valence electrons. The molecule has 6 nitrogen and oxygen atoms in total. The lowest BCUT2D eigenvalue weighted by Crippen LogP contribution is -2.45. The van der Waals surface area contributed by atoms with Crippen molar-refractivity contribution in [3.63, 3.8) is 0 Å². The summed E-state index contributed by atoms with van der Waals surface area (Å²) in [4.78, 5) is 17.7. The molecule has 24 heavy (non-hydrogen) atoms. The first-order chi connectivity index (χ1) is 11.5. The maximum atomic E-state index is 11.8. The molecule has 6 heteroatoms. The van der Waals surface area contributed by atoms with Crippen LogP contribution in [0.4, 0.5) is 0 Å². The minimum Gasteiger partial charge on any atom is -0.493 e. The van der Waals surface area contributed by atoms with E-state index in [2.05, 4.69) is 35.5 Å². The molecular formula is C18H28N4O2. The van der Waals surface area contributed by atoms with Crippen molar-refractivity contribution in [3.8, 4) is 5.75 Å².